The van der Waals surface area contributed by atoms with E-state index in [0.717, 1.165) is 11.3 Å². The van der Waals surface area contributed by atoms with Crippen LogP contribution in [0.25, 0.3) is 0 Å². The van der Waals surface area contributed by atoms with E-state index >= 15 is 0 Å². The molecule has 0 aliphatic heterocycles. The van der Waals surface area contributed by atoms with Crippen LogP contribution in [-0.2, 0) is 16.6 Å². The Morgan fingerprint density at radius 3 is 2.50 bits per heavy atom. The zero-order valence-electron chi connectivity index (χ0n) is 15.6. The minimum Gasteiger partial charge on any atom is -0.370 e. The minimum atomic E-state index is -3.52. The highest BCUT2D eigenvalue weighted by Crippen LogP contribution is 2.15. The van der Waals surface area contributed by atoms with Gasteiger partial charge in [0.05, 0.1) is 11.4 Å². The van der Waals surface area contributed by atoms with Gasteiger partial charge in [0.1, 0.15) is 0 Å². The molecule has 4 N–H and O–H groups in total. The lowest BCUT2D eigenvalue weighted by atomic mass is 10.1. The van der Waals surface area contributed by atoms with Gasteiger partial charge in [-0.3, -0.25) is 0 Å². The fourth-order valence-electron chi connectivity index (χ4n) is 2.37. The SMILES string of the molecule is Cc1ccc(NC(N)=NCc2cccc(S(=O)(=O)NC(C)C)c2)cc1C. The topological polar surface area (TPSA) is 96.6 Å². The lowest BCUT2D eigenvalue weighted by Crippen LogP contribution is -2.30. The highest BCUT2D eigenvalue weighted by atomic mass is 32.2. The molecule has 0 saturated heterocycles. The van der Waals surface area contributed by atoms with E-state index in [1.807, 2.05) is 38.1 Å². The fraction of sp³-hybridized carbons (Fsp3) is 0.316. The van der Waals surface area contributed by atoms with Crippen molar-refractivity contribution in [3.8, 4) is 0 Å². The van der Waals surface area contributed by atoms with Gasteiger partial charge in [0.15, 0.2) is 5.96 Å². The van der Waals surface area contributed by atoms with E-state index in [4.69, 9.17) is 5.73 Å². The third kappa shape index (κ3) is 5.57. The van der Waals surface area contributed by atoms with Gasteiger partial charge in [-0.25, -0.2) is 18.1 Å². The summed E-state index contributed by atoms with van der Waals surface area (Å²) >= 11 is 0. The van der Waals surface area contributed by atoms with E-state index in [1.54, 1.807) is 32.0 Å². The van der Waals surface area contributed by atoms with Crippen LogP contribution < -0.4 is 15.8 Å². The van der Waals surface area contributed by atoms with Crippen molar-refractivity contribution in [1.29, 1.82) is 0 Å². The molecule has 140 valence electrons. The lowest BCUT2D eigenvalue weighted by Gasteiger charge is -2.10. The molecule has 0 radical (unpaired) electrons. The molecule has 2 aromatic rings. The first kappa shape index (κ1) is 19.9. The summed E-state index contributed by atoms with van der Waals surface area (Å²) < 4.78 is 27.1. The number of rotatable bonds is 6. The molecule has 7 heteroatoms. The van der Waals surface area contributed by atoms with Gasteiger partial charge in [-0.2, -0.15) is 0 Å². The number of anilines is 1. The molecule has 2 aromatic carbocycles. The number of benzene rings is 2. The van der Waals surface area contributed by atoms with E-state index in [1.165, 1.54) is 11.1 Å². The maximum Gasteiger partial charge on any atom is 0.240 e. The van der Waals surface area contributed by atoms with Crippen LogP contribution >= 0.6 is 0 Å². The standard InChI is InChI=1S/C19H26N4O2S/c1-13(2)23-26(24,25)18-7-5-6-16(11-18)12-21-19(20)22-17-9-8-14(3)15(4)10-17/h5-11,13,23H,12H2,1-4H3,(H3,20,21,22). The van der Waals surface area contributed by atoms with E-state index in [0.29, 0.717) is 0 Å². The predicted molar refractivity (Wildman–Crippen MR) is 107 cm³/mol. The predicted octanol–water partition coefficient (Wildman–Crippen LogP) is 2.92. The Balaban J connectivity index is 2.09. The van der Waals surface area contributed by atoms with Gasteiger partial charge >= 0.3 is 0 Å². The minimum absolute atomic E-state index is 0.167. The summed E-state index contributed by atoms with van der Waals surface area (Å²) in [6.45, 7) is 7.93. The van der Waals surface area contributed by atoms with Crippen molar-refractivity contribution in [3.05, 3.63) is 59.2 Å². The van der Waals surface area contributed by atoms with Crippen LogP contribution in [0.5, 0.6) is 0 Å². The second-order valence-electron chi connectivity index (χ2n) is 6.55. The van der Waals surface area contributed by atoms with E-state index in [2.05, 4.69) is 15.0 Å². The lowest BCUT2D eigenvalue weighted by molar-refractivity contribution is 0.569. The van der Waals surface area contributed by atoms with Gasteiger partial charge in [0.25, 0.3) is 0 Å². The van der Waals surface area contributed by atoms with Gasteiger partial charge in [-0.15, -0.1) is 0 Å². The van der Waals surface area contributed by atoms with Gasteiger partial charge in [-0.1, -0.05) is 18.2 Å². The molecule has 6 nitrogen and oxygen atoms in total. The van der Waals surface area contributed by atoms with Crippen LogP contribution in [0.15, 0.2) is 52.4 Å². The summed E-state index contributed by atoms with van der Waals surface area (Å²) in [5.41, 5.74) is 9.95. The van der Waals surface area contributed by atoms with Crippen LogP contribution in [0.2, 0.25) is 0 Å². The first-order chi connectivity index (χ1) is 12.2. The van der Waals surface area contributed by atoms with Crippen molar-refractivity contribution in [2.75, 3.05) is 5.32 Å². The van der Waals surface area contributed by atoms with Crippen LogP contribution in [0.3, 0.4) is 0 Å². The molecule has 0 atom stereocenters. The molecule has 0 unspecified atom stereocenters. The van der Waals surface area contributed by atoms with E-state index < -0.39 is 10.0 Å². The first-order valence-corrected chi connectivity index (χ1v) is 9.91. The number of nitrogens with two attached hydrogens (primary N) is 1. The number of aliphatic imine (C=N–C) groups is 1. The summed E-state index contributed by atoms with van der Waals surface area (Å²) in [6.07, 6.45) is 0. The average Bonchev–Trinajstić information content (AvgIpc) is 2.55. The molecule has 0 heterocycles. The Morgan fingerprint density at radius 2 is 1.85 bits per heavy atom. The quantitative estimate of drug-likeness (QED) is 0.535. The maximum absolute atomic E-state index is 12.2. The van der Waals surface area contributed by atoms with Crippen molar-refractivity contribution in [1.82, 2.24) is 4.72 Å². The van der Waals surface area contributed by atoms with Crippen LogP contribution in [0, 0.1) is 13.8 Å². The van der Waals surface area contributed by atoms with Crippen LogP contribution in [0.4, 0.5) is 5.69 Å². The average molecular weight is 375 g/mol. The fourth-order valence-corrected chi connectivity index (χ4v) is 3.69. The molecule has 0 spiro atoms. The van der Waals surface area contributed by atoms with Crippen molar-refractivity contribution >= 4 is 21.7 Å². The van der Waals surface area contributed by atoms with E-state index in [9.17, 15) is 8.42 Å². The zero-order chi connectivity index (χ0) is 19.3. The molecule has 0 fully saturated rings. The number of aryl methyl sites for hydroxylation is 2. The second-order valence-corrected chi connectivity index (χ2v) is 8.26. The summed E-state index contributed by atoms with van der Waals surface area (Å²) in [7, 11) is -3.52. The number of nitrogens with one attached hydrogen (secondary N) is 2. The highest BCUT2D eigenvalue weighted by Gasteiger charge is 2.15. The number of guanidine groups is 1. The van der Waals surface area contributed by atoms with Gasteiger partial charge < -0.3 is 11.1 Å². The largest absolute Gasteiger partial charge is 0.370 e. The van der Waals surface area contributed by atoms with Crippen molar-refractivity contribution in [2.24, 2.45) is 10.7 Å². The molecular weight excluding hydrogens is 348 g/mol. The Bertz CT molecular complexity index is 906. The Hall–Kier alpha value is -2.38. The van der Waals surface area contributed by atoms with Gasteiger partial charge in [0.2, 0.25) is 10.0 Å². The molecule has 0 amide bonds. The number of nitrogens with zero attached hydrogens (tertiary/aromatic N) is 1. The van der Waals surface area contributed by atoms with E-state index in [-0.39, 0.29) is 23.4 Å². The van der Waals surface area contributed by atoms with Crippen molar-refractivity contribution < 1.29 is 8.42 Å². The number of sulfonamides is 1. The van der Waals surface area contributed by atoms with Gasteiger partial charge in [-0.05, 0) is 68.7 Å². The highest BCUT2D eigenvalue weighted by molar-refractivity contribution is 7.89. The summed E-state index contributed by atoms with van der Waals surface area (Å²) in [6, 6.07) is 12.5. The van der Waals surface area contributed by atoms with Crippen molar-refractivity contribution in [3.63, 3.8) is 0 Å². The van der Waals surface area contributed by atoms with Gasteiger partial charge in [0, 0.05) is 11.7 Å². The molecule has 0 bridgehead atoms. The number of hydrogen-bond donors (Lipinski definition) is 3. The molecule has 0 aliphatic rings. The second kappa shape index (κ2) is 8.33. The normalized spacial score (nSPS) is 12.4. The third-order valence-electron chi connectivity index (χ3n) is 3.81. The Labute approximate surface area is 155 Å². The Kier molecular flexibility index (Phi) is 6.39. The van der Waals surface area contributed by atoms with Crippen LogP contribution in [0.1, 0.15) is 30.5 Å². The molecule has 26 heavy (non-hydrogen) atoms. The number of hydrogen-bond acceptors (Lipinski definition) is 3. The van der Waals surface area contributed by atoms with Crippen LogP contribution in [-0.4, -0.2) is 20.4 Å². The summed E-state index contributed by atoms with van der Waals surface area (Å²) in [4.78, 5) is 4.52. The monoisotopic (exact) mass is 374 g/mol. The maximum atomic E-state index is 12.2. The third-order valence-corrected chi connectivity index (χ3v) is 5.47. The summed E-state index contributed by atoms with van der Waals surface area (Å²) in [5.74, 6) is 0.279. The molecule has 0 aliphatic carbocycles. The first-order valence-electron chi connectivity index (χ1n) is 8.43. The molecule has 0 aromatic heterocycles. The Morgan fingerprint density at radius 1 is 1.12 bits per heavy atom. The smallest absolute Gasteiger partial charge is 0.240 e. The van der Waals surface area contributed by atoms with Crippen molar-refractivity contribution in [2.45, 2.75) is 45.2 Å². The summed E-state index contributed by atoms with van der Waals surface area (Å²) in [5, 5.41) is 3.05. The zero-order valence-corrected chi connectivity index (χ0v) is 16.4. The molecule has 2 rings (SSSR count). The molecule has 0 saturated carbocycles. The molecular formula is C19H26N4O2S.